The number of aliphatic imine (C=N–C) groups is 1. The third-order valence-electron chi connectivity index (χ3n) is 1.67. The SMILES string of the molecule is CCC=Nc1nc2ccccc2s1. The molecule has 1 heterocycles. The van der Waals surface area contributed by atoms with Gasteiger partial charge in [-0.15, -0.1) is 0 Å². The zero-order chi connectivity index (χ0) is 9.10. The van der Waals surface area contributed by atoms with Crippen LogP contribution in [0.3, 0.4) is 0 Å². The smallest absolute Gasteiger partial charge is 0.209 e. The van der Waals surface area contributed by atoms with Gasteiger partial charge in [-0.05, 0) is 18.6 Å². The lowest BCUT2D eigenvalue weighted by molar-refractivity contribution is 1.30. The minimum atomic E-state index is 0.850. The van der Waals surface area contributed by atoms with E-state index in [0.29, 0.717) is 0 Å². The maximum atomic E-state index is 4.37. The standard InChI is InChI=1S/C10H10N2S/c1-2-7-11-10-12-8-5-3-4-6-9(8)13-10/h3-7H,2H2,1H3. The average Bonchev–Trinajstić information content (AvgIpc) is 2.57. The van der Waals surface area contributed by atoms with E-state index in [4.69, 9.17) is 0 Å². The lowest BCUT2D eigenvalue weighted by Gasteiger charge is -1.80. The second-order valence-electron chi connectivity index (χ2n) is 2.68. The average molecular weight is 190 g/mol. The van der Waals surface area contributed by atoms with Crippen LogP contribution >= 0.6 is 11.3 Å². The number of rotatable bonds is 2. The topological polar surface area (TPSA) is 25.2 Å². The van der Waals surface area contributed by atoms with Crippen molar-refractivity contribution in [1.29, 1.82) is 0 Å². The minimum absolute atomic E-state index is 0.850. The van der Waals surface area contributed by atoms with Crippen molar-refractivity contribution in [1.82, 2.24) is 4.98 Å². The van der Waals surface area contributed by atoms with E-state index in [0.717, 1.165) is 17.1 Å². The van der Waals surface area contributed by atoms with Crippen molar-refractivity contribution in [2.24, 2.45) is 4.99 Å². The Balaban J connectivity index is 2.44. The minimum Gasteiger partial charge on any atom is -0.232 e. The molecule has 66 valence electrons. The largest absolute Gasteiger partial charge is 0.232 e. The molecule has 13 heavy (non-hydrogen) atoms. The van der Waals surface area contributed by atoms with E-state index in [2.05, 4.69) is 23.0 Å². The molecule has 0 atom stereocenters. The van der Waals surface area contributed by atoms with E-state index in [1.807, 2.05) is 24.4 Å². The molecule has 3 heteroatoms. The van der Waals surface area contributed by atoms with Crippen molar-refractivity contribution >= 4 is 32.9 Å². The van der Waals surface area contributed by atoms with Crippen LogP contribution in [0.2, 0.25) is 0 Å². The summed E-state index contributed by atoms with van der Waals surface area (Å²) in [7, 11) is 0. The van der Waals surface area contributed by atoms with Crippen LogP contribution in [0.15, 0.2) is 29.3 Å². The monoisotopic (exact) mass is 190 g/mol. The number of hydrogen-bond donors (Lipinski definition) is 0. The van der Waals surface area contributed by atoms with Gasteiger partial charge < -0.3 is 0 Å². The highest BCUT2D eigenvalue weighted by atomic mass is 32.1. The van der Waals surface area contributed by atoms with Crippen LogP contribution in [0.25, 0.3) is 10.2 Å². The fourth-order valence-corrected chi connectivity index (χ4v) is 1.92. The summed E-state index contributed by atoms with van der Waals surface area (Å²) < 4.78 is 1.20. The lowest BCUT2D eigenvalue weighted by atomic mass is 10.3. The number of hydrogen-bond acceptors (Lipinski definition) is 3. The molecule has 0 aliphatic heterocycles. The van der Waals surface area contributed by atoms with Crippen molar-refractivity contribution in [2.45, 2.75) is 13.3 Å². The second-order valence-corrected chi connectivity index (χ2v) is 3.69. The Morgan fingerprint density at radius 1 is 1.46 bits per heavy atom. The first-order valence-corrected chi connectivity index (χ1v) is 5.10. The Morgan fingerprint density at radius 3 is 3.08 bits per heavy atom. The zero-order valence-electron chi connectivity index (χ0n) is 7.40. The summed E-state index contributed by atoms with van der Waals surface area (Å²) in [6, 6.07) is 8.10. The number of fused-ring (bicyclic) bond motifs is 1. The maximum Gasteiger partial charge on any atom is 0.209 e. The van der Waals surface area contributed by atoms with E-state index in [1.54, 1.807) is 11.3 Å². The van der Waals surface area contributed by atoms with Gasteiger partial charge in [0.1, 0.15) is 0 Å². The predicted octanol–water partition coefficient (Wildman–Crippen LogP) is 3.41. The van der Waals surface area contributed by atoms with Gasteiger partial charge in [-0.1, -0.05) is 30.4 Å². The second kappa shape index (κ2) is 3.66. The molecular formula is C10H10N2S. The summed E-state index contributed by atoms with van der Waals surface area (Å²) in [5, 5.41) is 0.850. The highest BCUT2D eigenvalue weighted by molar-refractivity contribution is 7.22. The quantitative estimate of drug-likeness (QED) is 0.666. The van der Waals surface area contributed by atoms with Crippen molar-refractivity contribution in [3.8, 4) is 0 Å². The molecule has 0 saturated carbocycles. The van der Waals surface area contributed by atoms with Crippen molar-refractivity contribution < 1.29 is 0 Å². The van der Waals surface area contributed by atoms with Gasteiger partial charge in [0, 0.05) is 6.21 Å². The molecule has 0 spiro atoms. The summed E-state index contributed by atoms with van der Waals surface area (Å²) >= 11 is 1.63. The van der Waals surface area contributed by atoms with Crippen LogP contribution in [-0.2, 0) is 0 Å². The molecule has 0 fully saturated rings. The van der Waals surface area contributed by atoms with Gasteiger partial charge in [0.2, 0.25) is 5.13 Å². The van der Waals surface area contributed by atoms with Crippen LogP contribution in [0.4, 0.5) is 5.13 Å². The summed E-state index contributed by atoms with van der Waals surface area (Å²) in [4.78, 5) is 8.62. The van der Waals surface area contributed by atoms with E-state index in [1.165, 1.54) is 4.70 Å². The Hall–Kier alpha value is -1.22. The Labute approximate surface area is 81.0 Å². The normalized spacial score (nSPS) is 11.5. The molecule has 0 amide bonds. The van der Waals surface area contributed by atoms with Crippen LogP contribution in [0.5, 0.6) is 0 Å². The third-order valence-corrected chi connectivity index (χ3v) is 2.61. The van der Waals surface area contributed by atoms with Crippen LogP contribution in [0, 0.1) is 0 Å². The van der Waals surface area contributed by atoms with Gasteiger partial charge in [-0.25, -0.2) is 9.98 Å². The van der Waals surface area contributed by atoms with E-state index >= 15 is 0 Å². The number of benzene rings is 1. The molecule has 0 aliphatic rings. The van der Waals surface area contributed by atoms with E-state index < -0.39 is 0 Å². The molecule has 0 unspecified atom stereocenters. The molecule has 2 rings (SSSR count). The summed E-state index contributed by atoms with van der Waals surface area (Å²) in [5.74, 6) is 0. The van der Waals surface area contributed by atoms with Gasteiger partial charge in [0.25, 0.3) is 0 Å². The summed E-state index contributed by atoms with van der Waals surface area (Å²) in [5.41, 5.74) is 1.04. The highest BCUT2D eigenvalue weighted by Crippen LogP contribution is 2.27. The zero-order valence-corrected chi connectivity index (χ0v) is 8.21. The van der Waals surface area contributed by atoms with Gasteiger partial charge in [0.15, 0.2) is 0 Å². The van der Waals surface area contributed by atoms with Gasteiger partial charge in [-0.2, -0.15) is 0 Å². The molecule has 0 saturated heterocycles. The number of nitrogens with zero attached hydrogens (tertiary/aromatic N) is 2. The molecule has 2 aromatic rings. The predicted molar refractivity (Wildman–Crippen MR) is 58.1 cm³/mol. The van der Waals surface area contributed by atoms with E-state index in [9.17, 15) is 0 Å². The first-order chi connectivity index (χ1) is 6.40. The Morgan fingerprint density at radius 2 is 2.31 bits per heavy atom. The molecular weight excluding hydrogens is 180 g/mol. The summed E-state index contributed by atoms with van der Waals surface area (Å²) in [6.07, 6.45) is 2.84. The highest BCUT2D eigenvalue weighted by Gasteiger charge is 1.99. The molecule has 0 N–H and O–H groups in total. The van der Waals surface area contributed by atoms with Crippen molar-refractivity contribution in [3.05, 3.63) is 24.3 Å². The fourth-order valence-electron chi connectivity index (χ4n) is 1.08. The summed E-state index contributed by atoms with van der Waals surface area (Å²) in [6.45, 7) is 2.07. The molecule has 0 radical (unpaired) electrons. The van der Waals surface area contributed by atoms with Gasteiger partial charge in [-0.3, -0.25) is 0 Å². The van der Waals surface area contributed by atoms with Crippen molar-refractivity contribution in [2.75, 3.05) is 0 Å². The first-order valence-electron chi connectivity index (χ1n) is 4.28. The molecule has 0 bridgehead atoms. The van der Waals surface area contributed by atoms with Gasteiger partial charge >= 0.3 is 0 Å². The van der Waals surface area contributed by atoms with Gasteiger partial charge in [0.05, 0.1) is 10.2 Å². The maximum absolute atomic E-state index is 4.37. The third kappa shape index (κ3) is 1.75. The first kappa shape index (κ1) is 8.38. The molecule has 1 aromatic carbocycles. The van der Waals surface area contributed by atoms with Crippen molar-refractivity contribution in [3.63, 3.8) is 0 Å². The number of thiazole rings is 1. The number of para-hydroxylation sites is 1. The Kier molecular flexibility index (Phi) is 2.36. The molecule has 0 aliphatic carbocycles. The van der Waals surface area contributed by atoms with E-state index in [-0.39, 0.29) is 0 Å². The fraction of sp³-hybridized carbons (Fsp3) is 0.200. The van der Waals surface area contributed by atoms with Crippen LogP contribution < -0.4 is 0 Å². The molecule has 2 nitrogen and oxygen atoms in total. The van der Waals surface area contributed by atoms with Crippen LogP contribution in [0.1, 0.15) is 13.3 Å². The Bertz CT molecular complexity index is 398. The molecule has 1 aromatic heterocycles. The van der Waals surface area contributed by atoms with Crippen LogP contribution in [-0.4, -0.2) is 11.2 Å². The number of aromatic nitrogens is 1. The lowest BCUT2D eigenvalue weighted by Crippen LogP contribution is -1.66.